The number of anilines is 1. The van der Waals surface area contributed by atoms with Gasteiger partial charge in [0.05, 0.1) is 24.8 Å². The lowest BCUT2D eigenvalue weighted by Gasteiger charge is -2.33. The molecule has 1 atom stereocenters. The van der Waals surface area contributed by atoms with Gasteiger partial charge < -0.3 is 19.7 Å². The molecule has 3 rings (SSSR count). The molecule has 2 amide bonds. The number of para-hydroxylation sites is 1. The first kappa shape index (κ1) is 30.4. The molecular weight excluding hydrogens is 537 g/mol. The molecule has 1 N–H and O–H groups in total. The average molecular weight is 572 g/mol. The van der Waals surface area contributed by atoms with Gasteiger partial charge in [-0.3, -0.25) is 13.9 Å². The molecule has 0 spiro atoms. The summed E-state index contributed by atoms with van der Waals surface area (Å²) in [5.41, 5.74) is 0.852. The molecule has 0 radical (unpaired) electrons. The number of nitrogens with zero attached hydrogens (tertiary/aromatic N) is 2. The fourth-order valence-corrected chi connectivity index (χ4v) is 5.66. The number of sulfonamides is 1. The fraction of sp³-hybridized carbons (Fsp3) is 0.310. The SMILES string of the molecule is CCNC(=O)[C@H](CC)N(Cc1ccc(F)cc1)C(=O)CN(c1ccccc1)S(=O)(=O)c1ccc(OC)c(OC)c1. The van der Waals surface area contributed by atoms with Gasteiger partial charge in [0.15, 0.2) is 11.5 Å². The van der Waals surface area contributed by atoms with Crippen LogP contribution in [0.4, 0.5) is 10.1 Å². The maximum absolute atomic E-state index is 14.0. The van der Waals surface area contributed by atoms with Crippen LogP contribution < -0.4 is 19.1 Å². The van der Waals surface area contributed by atoms with E-state index in [-0.39, 0.29) is 35.2 Å². The highest BCUT2D eigenvalue weighted by Gasteiger charge is 2.34. The number of benzene rings is 3. The van der Waals surface area contributed by atoms with Crippen molar-refractivity contribution in [1.82, 2.24) is 10.2 Å². The van der Waals surface area contributed by atoms with E-state index in [4.69, 9.17) is 9.47 Å². The number of hydrogen-bond acceptors (Lipinski definition) is 6. The number of rotatable bonds is 13. The number of carbonyl (C=O) groups is 2. The molecule has 3 aromatic rings. The topological polar surface area (TPSA) is 105 Å². The van der Waals surface area contributed by atoms with E-state index >= 15 is 0 Å². The van der Waals surface area contributed by atoms with Gasteiger partial charge in [-0.2, -0.15) is 0 Å². The van der Waals surface area contributed by atoms with Gasteiger partial charge in [-0.15, -0.1) is 0 Å². The highest BCUT2D eigenvalue weighted by molar-refractivity contribution is 7.92. The van der Waals surface area contributed by atoms with E-state index in [1.165, 1.54) is 61.6 Å². The van der Waals surface area contributed by atoms with Crippen LogP contribution in [0.25, 0.3) is 0 Å². The van der Waals surface area contributed by atoms with Gasteiger partial charge in [0.25, 0.3) is 10.0 Å². The van der Waals surface area contributed by atoms with Crippen molar-refractivity contribution < 1.29 is 31.9 Å². The molecule has 0 aliphatic heterocycles. The number of ether oxygens (including phenoxy) is 2. The van der Waals surface area contributed by atoms with Crippen molar-refractivity contribution in [2.75, 3.05) is 31.6 Å². The lowest BCUT2D eigenvalue weighted by molar-refractivity contribution is -0.140. The molecule has 0 heterocycles. The summed E-state index contributed by atoms with van der Waals surface area (Å²) in [4.78, 5) is 28.1. The van der Waals surface area contributed by atoms with Crippen molar-refractivity contribution in [2.24, 2.45) is 0 Å². The molecule has 40 heavy (non-hydrogen) atoms. The van der Waals surface area contributed by atoms with Crippen molar-refractivity contribution in [3.05, 3.63) is 84.2 Å². The summed E-state index contributed by atoms with van der Waals surface area (Å²) in [5, 5.41) is 2.74. The molecule has 9 nitrogen and oxygen atoms in total. The minimum atomic E-state index is -4.28. The lowest BCUT2D eigenvalue weighted by Crippen LogP contribution is -2.52. The first-order chi connectivity index (χ1) is 19.2. The van der Waals surface area contributed by atoms with Crippen molar-refractivity contribution >= 4 is 27.5 Å². The third-order valence-electron chi connectivity index (χ3n) is 6.27. The van der Waals surface area contributed by atoms with E-state index in [2.05, 4.69) is 5.32 Å². The highest BCUT2D eigenvalue weighted by Crippen LogP contribution is 2.32. The first-order valence-electron chi connectivity index (χ1n) is 12.8. The van der Waals surface area contributed by atoms with Crippen LogP contribution in [-0.4, -0.2) is 58.5 Å². The Balaban J connectivity index is 2.06. The quantitative estimate of drug-likeness (QED) is 0.333. The van der Waals surface area contributed by atoms with Crippen LogP contribution in [0.15, 0.2) is 77.7 Å². The Morgan fingerprint density at radius 2 is 1.57 bits per heavy atom. The van der Waals surface area contributed by atoms with E-state index < -0.39 is 34.3 Å². The number of carbonyl (C=O) groups excluding carboxylic acids is 2. The largest absolute Gasteiger partial charge is 0.493 e. The standard InChI is InChI=1S/C29H34FN3O6S/c1-5-25(29(35)31-6-2)32(19-21-12-14-22(30)15-13-21)28(34)20-33(23-10-8-7-9-11-23)40(36,37)24-16-17-26(38-3)27(18-24)39-4/h7-18,25H,5-6,19-20H2,1-4H3,(H,31,35)/t25-/m0/s1. The Kier molecular flexibility index (Phi) is 10.5. The first-order valence-corrected chi connectivity index (χ1v) is 14.2. The molecular formula is C29H34FN3O6S. The predicted octanol–water partition coefficient (Wildman–Crippen LogP) is 3.98. The summed E-state index contributed by atoms with van der Waals surface area (Å²) in [5.74, 6) is -0.844. The van der Waals surface area contributed by atoms with Crippen LogP contribution in [0.5, 0.6) is 11.5 Å². The normalized spacial score (nSPS) is 11.8. The van der Waals surface area contributed by atoms with Gasteiger partial charge in [-0.25, -0.2) is 12.8 Å². The average Bonchev–Trinajstić information content (AvgIpc) is 2.96. The van der Waals surface area contributed by atoms with Gasteiger partial charge in [0.2, 0.25) is 11.8 Å². The molecule has 0 aliphatic rings. The summed E-state index contributed by atoms with van der Waals surface area (Å²) in [7, 11) is -1.45. The van der Waals surface area contributed by atoms with E-state index in [0.29, 0.717) is 17.9 Å². The predicted molar refractivity (Wildman–Crippen MR) is 150 cm³/mol. The van der Waals surface area contributed by atoms with Crippen LogP contribution >= 0.6 is 0 Å². The van der Waals surface area contributed by atoms with E-state index in [9.17, 15) is 22.4 Å². The van der Waals surface area contributed by atoms with Crippen LogP contribution in [0.2, 0.25) is 0 Å². The second-order valence-electron chi connectivity index (χ2n) is 8.83. The molecule has 0 unspecified atom stereocenters. The van der Waals surface area contributed by atoms with Crippen molar-refractivity contribution in [3.8, 4) is 11.5 Å². The summed E-state index contributed by atoms with van der Waals surface area (Å²) < 4.78 is 53.0. The van der Waals surface area contributed by atoms with E-state index in [1.807, 2.05) is 0 Å². The van der Waals surface area contributed by atoms with Crippen molar-refractivity contribution in [1.29, 1.82) is 0 Å². The molecule has 0 fully saturated rings. The number of methoxy groups -OCH3 is 2. The van der Waals surface area contributed by atoms with Gasteiger partial charge >= 0.3 is 0 Å². The highest BCUT2D eigenvalue weighted by atomic mass is 32.2. The Morgan fingerprint density at radius 1 is 0.925 bits per heavy atom. The Hall–Kier alpha value is -4.12. The molecule has 0 saturated heterocycles. The molecule has 0 aromatic heterocycles. The Labute approximate surface area is 234 Å². The van der Waals surface area contributed by atoms with Crippen LogP contribution in [0, 0.1) is 5.82 Å². The summed E-state index contributed by atoms with van der Waals surface area (Å²) >= 11 is 0. The van der Waals surface area contributed by atoms with Gasteiger partial charge in [0, 0.05) is 19.2 Å². The number of halogens is 1. The minimum absolute atomic E-state index is 0.0200. The monoisotopic (exact) mass is 571 g/mol. The smallest absolute Gasteiger partial charge is 0.264 e. The third kappa shape index (κ3) is 7.09. The Bertz CT molecular complexity index is 1400. The number of amides is 2. The van der Waals surface area contributed by atoms with E-state index in [1.54, 1.807) is 44.2 Å². The molecule has 0 bridgehead atoms. The lowest BCUT2D eigenvalue weighted by atomic mass is 10.1. The summed E-state index contributed by atoms with van der Waals surface area (Å²) in [6.07, 6.45) is 0.284. The molecule has 0 saturated carbocycles. The zero-order chi connectivity index (χ0) is 29.3. The minimum Gasteiger partial charge on any atom is -0.493 e. The number of likely N-dealkylation sites (N-methyl/N-ethyl adjacent to an activating group) is 1. The van der Waals surface area contributed by atoms with Crippen LogP contribution in [0.3, 0.4) is 0 Å². The fourth-order valence-electron chi connectivity index (χ4n) is 4.23. The molecule has 0 aliphatic carbocycles. The number of nitrogens with one attached hydrogen (secondary N) is 1. The van der Waals surface area contributed by atoms with Crippen molar-refractivity contribution in [2.45, 2.75) is 37.8 Å². The van der Waals surface area contributed by atoms with Crippen LogP contribution in [-0.2, 0) is 26.2 Å². The zero-order valence-corrected chi connectivity index (χ0v) is 23.8. The van der Waals surface area contributed by atoms with Gasteiger partial charge in [0.1, 0.15) is 18.4 Å². The van der Waals surface area contributed by atoms with Gasteiger partial charge in [-0.05, 0) is 55.3 Å². The summed E-state index contributed by atoms with van der Waals surface area (Å²) in [6, 6.07) is 17.1. The maximum Gasteiger partial charge on any atom is 0.264 e. The Morgan fingerprint density at radius 3 is 2.15 bits per heavy atom. The number of hydrogen-bond donors (Lipinski definition) is 1. The van der Waals surface area contributed by atoms with Gasteiger partial charge in [-0.1, -0.05) is 37.3 Å². The van der Waals surface area contributed by atoms with Crippen LogP contribution in [0.1, 0.15) is 25.8 Å². The molecule has 11 heteroatoms. The second kappa shape index (κ2) is 13.8. The molecule has 214 valence electrons. The maximum atomic E-state index is 14.0. The summed E-state index contributed by atoms with van der Waals surface area (Å²) in [6.45, 7) is 3.28. The zero-order valence-electron chi connectivity index (χ0n) is 23.0. The van der Waals surface area contributed by atoms with Crippen molar-refractivity contribution in [3.63, 3.8) is 0 Å². The van der Waals surface area contributed by atoms with E-state index in [0.717, 1.165) is 4.31 Å². The molecule has 3 aromatic carbocycles. The second-order valence-corrected chi connectivity index (χ2v) is 10.7. The third-order valence-corrected chi connectivity index (χ3v) is 8.04.